The van der Waals surface area contributed by atoms with E-state index in [0.29, 0.717) is 36.5 Å². The van der Waals surface area contributed by atoms with Crippen molar-refractivity contribution < 1.29 is 9.13 Å². The van der Waals surface area contributed by atoms with E-state index in [0.717, 1.165) is 34.0 Å². The van der Waals surface area contributed by atoms with Gasteiger partial charge in [0.15, 0.2) is 5.82 Å². The van der Waals surface area contributed by atoms with Crippen LogP contribution in [0.15, 0.2) is 97.3 Å². The summed E-state index contributed by atoms with van der Waals surface area (Å²) >= 11 is 0. The predicted molar refractivity (Wildman–Crippen MR) is 149 cm³/mol. The highest BCUT2D eigenvalue weighted by atomic mass is 19.1. The predicted octanol–water partition coefficient (Wildman–Crippen LogP) is 6.95. The van der Waals surface area contributed by atoms with Crippen molar-refractivity contribution in [2.45, 2.75) is 33.5 Å². The molecule has 0 saturated carbocycles. The van der Waals surface area contributed by atoms with Gasteiger partial charge in [-0.3, -0.25) is 0 Å². The molecule has 0 amide bonds. The third-order valence-corrected chi connectivity index (χ3v) is 6.81. The number of hydrogen-bond donors (Lipinski definition) is 0. The molecule has 6 nitrogen and oxygen atoms in total. The molecule has 39 heavy (non-hydrogen) atoms. The van der Waals surface area contributed by atoms with E-state index < -0.39 is 0 Å². The van der Waals surface area contributed by atoms with Crippen molar-refractivity contribution in [2.24, 2.45) is 0 Å². The molecule has 0 spiro atoms. The highest BCUT2D eigenvalue weighted by molar-refractivity contribution is 5.51. The second kappa shape index (κ2) is 11.6. The largest absolute Gasteiger partial charge is 0.457 e. The number of nitriles is 1. The summed E-state index contributed by atoms with van der Waals surface area (Å²) in [5.74, 6) is 1.99. The first-order chi connectivity index (χ1) is 19.0. The summed E-state index contributed by atoms with van der Waals surface area (Å²) in [5, 5.41) is 17.6. The molecule has 194 valence electrons. The molecular weight excluding hydrogens is 489 g/mol. The van der Waals surface area contributed by atoms with Gasteiger partial charge in [-0.25, -0.2) is 4.39 Å². The number of rotatable bonds is 9. The Morgan fingerprint density at radius 1 is 0.872 bits per heavy atom. The fourth-order valence-electron chi connectivity index (χ4n) is 4.40. The number of benzene rings is 4. The molecule has 0 aliphatic heterocycles. The average molecular weight is 518 g/mol. The lowest BCUT2D eigenvalue weighted by Crippen LogP contribution is -2.25. The van der Waals surface area contributed by atoms with Crippen LogP contribution in [0.4, 0.5) is 10.1 Å². The van der Waals surface area contributed by atoms with Crippen molar-refractivity contribution in [3.05, 3.63) is 137 Å². The van der Waals surface area contributed by atoms with E-state index >= 15 is 4.39 Å². The van der Waals surface area contributed by atoms with Crippen LogP contribution in [0, 0.1) is 31.0 Å². The van der Waals surface area contributed by atoms with Crippen LogP contribution in [0.5, 0.6) is 11.5 Å². The Hall–Kier alpha value is -4.96. The zero-order valence-corrected chi connectivity index (χ0v) is 21.9. The molecule has 0 atom stereocenters. The fraction of sp³-hybridized carbons (Fsp3) is 0.156. The summed E-state index contributed by atoms with van der Waals surface area (Å²) in [4.78, 5) is 2.09. The van der Waals surface area contributed by atoms with Gasteiger partial charge in [-0.1, -0.05) is 36.4 Å². The Bertz CT molecular complexity index is 1590. The number of anilines is 1. The molecule has 5 rings (SSSR count). The topological polar surface area (TPSA) is 67.0 Å². The zero-order chi connectivity index (χ0) is 27.2. The number of halogens is 1. The van der Waals surface area contributed by atoms with E-state index in [4.69, 9.17) is 10.00 Å². The molecule has 5 aromatic rings. The van der Waals surface area contributed by atoms with Crippen molar-refractivity contribution >= 4 is 5.69 Å². The molecule has 0 radical (unpaired) electrons. The Morgan fingerprint density at radius 3 is 2.31 bits per heavy atom. The molecule has 0 aliphatic carbocycles. The highest BCUT2D eigenvalue weighted by Crippen LogP contribution is 2.28. The number of aromatic nitrogens is 3. The number of hydrogen-bond acceptors (Lipinski definition) is 5. The first kappa shape index (κ1) is 25.7. The van der Waals surface area contributed by atoms with Crippen LogP contribution in [0.3, 0.4) is 0 Å². The van der Waals surface area contributed by atoms with Gasteiger partial charge in [-0.2, -0.15) is 5.26 Å². The lowest BCUT2D eigenvalue weighted by atomic mass is 10.0. The molecule has 0 fully saturated rings. The van der Waals surface area contributed by atoms with E-state index in [2.05, 4.69) is 21.2 Å². The van der Waals surface area contributed by atoms with Crippen LogP contribution in [0.25, 0.3) is 0 Å². The minimum absolute atomic E-state index is 0.230. The molecule has 0 aliphatic rings. The summed E-state index contributed by atoms with van der Waals surface area (Å²) in [6.07, 6.45) is 1.70. The van der Waals surface area contributed by atoms with Crippen LogP contribution >= 0.6 is 0 Å². The minimum Gasteiger partial charge on any atom is -0.457 e. The first-order valence-corrected chi connectivity index (χ1v) is 12.7. The van der Waals surface area contributed by atoms with Crippen molar-refractivity contribution in [1.29, 1.82) is 5.26 Å². The average Bonchev–Trinajstić information content (AvgIpc) is 3.40. The van der Waals surface area contributed by atoms with Gasteiger partial charge in [-0.05, 0) is 85.1 Å². The van der Waals surface area contributed by atoms with Gasteiger partial charge in [0.2, 0.25) is 0 Å². The third-order valence-electron chi connectivity index (χ3n) is 6.81. The fourth-order valence-corrected chi connectivity index (χ4v) is 4.40. The lowest BCUT2D eigenvalue weighted by Gasteiger charge is -2.26. The van der Waals surface area contributed by atoms with Gasteiger partial charge in [-0.15, -0.1) is 10.2 Å². The summed E-state index contributed by atoms with van der Waals surface area (Å²) in [5.41, 5.74) is 5.18. The van der Waals surface area contributed by atoms with Crippen molar-refractivity contribution in [1.82, 2.24) is 14.8 Å². The van der Waals surface area contributed by atoms with Crippen LogP contribution in [0.2, 0.25) is 0 Å². The maximum Gasteiger partial charge on any atom is 0.152 e. The van der Waals surface area contributed by atoms with E-state index in [-0.39, 0.29) is 5.82 Å². The van der Waals surface area contributed by atoms with Crippen molar-refractivity contribution in [3.8, 4) is 17.6 Å². The Balaban J connectivity index is 1.43. The second-order valence-electron chi connectivity index (χ2n) is 9.42. The van der Waals surface area contributed by atoms with E-state index in [9.17, 15) is 0 Å². The summed E-state index contributed by atoms with van der Waals surface area (Å²) in [6, 6.07) is 30.3. The molecule has 0 unspecified atom stereocenters. The van der Waals surface area contributed by atoms with Gasteiger partial charge < -0.3 is 14.2 Å². The smallest absolute Gasteiger partial charge is 0.152 e. The number of para-hydroxylation sites is 1. The van der Waals surface area contributed by atoms with Gasteiger partial charge in [0, 0.05) is 17.8 Å². The van der Waals surface area contributed by atoms with Gasteiger partial charge >= 0.3 is 0 Å². The zero-order valence-electron chi connectivity index (χ0n) is 21.9. The summed E-state index contributed by atoms with van der Waals surface area (Å²) < 4.78 is 23.0. The maximum absolute atomic E-state index is 15.0. The van der Waals surface area contributed by atoms with E-state index in [1.54, 1.807) is 18.5 Å². The quantitative estimate of drug-likeness (QED) is 0.212. The van der Waals surface area contributed by atoms with Crippen molar-refractivity contribution in [3.63, 3.8) is 0 Å². The molecule has 1 heterocycles. The van der Waals surface area contributed by atoms with Crippen molar-refractivity contribution in [2.75, 3.05) is 4.90 Å². The number of ether oxygens (including phenoxy) is 1. The monoisotopic (exact) mass is 517 g/mol. The standard InChI is InChI=1S/C32H28FN5O/c1-23-8-17-31(33)30(24(23)2)20-37(27-13-15-29(16-14-27)39-28-6-4-3-5-7-28)21-32-36-35-22-38(32)19-26-11-9-25(18-34)10-12-26/h3-17,22H,19-21H2,1-2H3. The third kappa shape index (κ3) is 6.13. The van der Waals surface area contributed by atoms with Crippen LogP contribution in [0.1, 0.15) is 33.6 Å². The van der Waals surface area contributed by atoms with Crippen LogP contribution in [-0.2, 0) is 19.6 Å². The molecule has 1 aromatic heterocycles. The minimum atomic E-state index is -0.230. The molecular formula is C32H28FN5O. The maximum atomic E-state index is 15.0. The second-order valence-corrected chi connectivity index (χ2v) is 9.42. The summed E-state index contributed by atoms with van der Waals surface area (Å²) in [7, 11) is 0. The molecule has 4 aromatic carbocycles. The lowest BCUT2D eigenvalue weighted by molar-refractivity contribution is 0.482. The van der Waals surface area contributed by atoms with E-state index in [1.165, 1.54) is 6.07 Å². The highest BCUT2D eigenvalue weighted by Gasteiger charge is 2.17. The van der Waals surface area contributed by atoms with E-state index in [1.807, 2.05) is 91.2 Å². The molecule has 7 heteroatoms. The van der Waals surface area contributed by atoms with Crippen LogP contribution < -0.4 is 9.64 Å². The van der Waals surface area contributed by atoms with Gasteiger partial charge in [0.1, 0.15) is 23.6 Å². The van der Waals surface area contributed by atoms with Gasteiger partial charge in [0.25, 0.3) is 0 Å². The Kier molecular flexibility index (Phi) is 7.65. The first-order valence-electron chi connectivity index (χ1n) is 12.7. The van der Waals surface area contributed by atoms with Gasteiger partial charge in [0.05, 0.1) is 24.7 Å². The number of aryl methyl sites for hydroxylation is 1. The summed E-state index contributed by atoms with van der Waals surface area (Å²) in [6.45, 7) is 5.29. The Morgan fingerprint density at radius 2 is 1.59 bits per heavy atom. The SMILES string of the molecule is Cc1ccc(F)c(CN(Cc2nncn2Cc2ccc(C#N)cc2)c2ccc(Oc3ccccc3)cc2)c1C. The molecule has 0 saturated heterocycles. The molecule has 0 bridgehead atoms. The Labute approximate surface area is 227 Å². The normalized spacial score (nSPS) is 10.7. The molecule has 0 N–H and O–H groups in total. The van der Waals surface area contributed by atoms with Crippen LogP contribution in [-0.4, -0.2) is 14.8 Å². The number of nitrogens with zero attached hydrogens (tertiary/aromatic N) is 5.